The molecule has 0 radical (unpaired) electrons. The van der Waals surface area contributed by atoms with Gasteiger partial charge in [0.25, 0.3) is 0 Å². The van der Waals surface area contributed by atoms with Gasteiger partial charge in [-0.15, -0.1) is 0 Å². The molecule has 0 amide bonds. The predicted molar refractivity (Wildman–Crippen MR) is 67.0 cm³/mol. The Morgan fingerprint density at radius 3 is 3.00 bits per heavy atom. The fourth-order valence-corrected chi connectivity index (χ4v) is 2.20. The average molecular weight is 220 g/mol. The molecule has 3 heteroatoms. The van der Waals surface area contributed by atoms with Crippen LogP contribution in [0.15, 0.2) is 24.3 Å². The van der Waals surface area contributed by atoms with Crippen molar-refractivity contribution in [3.05, 3.63) is 24.3 Å². The minimum absolute atomic E-state index is 0.242. The van der Waals surface area contributed by atoms with Gasteiger partial charge in [0.15, 0.2) is 0 Å². The van der Waals surface area contributed by atoms with Crippen LogP contribution < -0.4 is 15.4 Å². The Morgan fingerprint density at radius 1 is 1.44 bits per heavy atom. The molecule has 88 valence electrons. The van der Waals surface area contributed by atoms with Crippen LogP contribution in [-0.4, -0.2) is 25.7 Å². The third-order valence-corrected chi connectivity index (χ3v) is 2.91. The summed E-state index contributed by atoms with van der Waals surface area (Å²) in [4.78, 5) is 2.40. The summed E-state index contributed by atoms with van der Waals surface area (Å²) in [6.45, 7) is 4.94. The van der Waals surface area contributed by atoms with Crippen molar-refractivity contribution >= 4 is 5.69 Å². The van der Waals surface area contributed by atoms with Gasteiger partial charge in [-0.05, 0) is 31.5 Å². The summed E-state index contributed by atoms with van der Waals surface area (Å²) in [5.41, 5.74) is 6.82. The lowest BCUT2D eigenvalue weighted by Gasteiger charge is -2.36. The number of para-hydroxylation sites is 2. The fraction of sp³-hybridized carbons (Fsp3) is 0.538. The number of nitrogens with zero attached hydrogens (tertiary/aromatic N) is 1. The van der Waals surface area contributed by atoms with Gasteiger partial charge < -0.3 is 15.4 Å². The highest BCUT2D eigenvalue weighted by Gasteiger charge is 2.23. The topological polar surface area (TPSA) is 38.5 Å². The largest absolute Gasteiger partial charge is 0.486 e. The van der Waals surface area contributed by atoms with Gasteiger partial charge in [0.2, 0.25) is 0 Å². The molecule has 0 saturated heterocycles. The van der Waals surface area contributed by atoms with E-state index in [-0.39, 0.29) is 6.10 Å². The van der Waals surface area contributed by atoms with Crippen molar-refractivity contribution < 1.29 is 4.74 Å². The summed E-state index contributed by atoms with van der Waals surface area (Å²) >= 11 is 0. The molecule has 1 aliphatic rings. The van der Waals surface area contributed by atoms with Crippen molar-refractivity contribution in [3.8, 4) is 5.75 Å². The summed E-state index contributed by atoms with van der Waals surface area (Å²) in [5, 5.41) is 0. The summed E-state index contributed by atoms with van der Waals surface area (Å²) < 4.78 is 5.93. The molecule has 1 atom stereocenters. The van der Waals surface area contributed by atoms with Crippen molar-refractivity contribution in [1.29, 1.82) is 0 Å². The third kappa shape index (κ3) is 2.30. The molecule has 0 bridgehead atoms. The second-order valence-electron chi connectivity index (χ2n) is 4.23. The fourth-order valence-electron chi connectivity index (χ4n) is 2.20. The Bertz CT molecular complexity index is 340. The van der Waals surface area contributed by atoms with Gasteiger partial charge in [-0.3, -0.25) is 0 Å². The molecule has 0 spiro atoms. The Morgan fingerprint density at radius 2 is 2.25 bits per heavy atom. The minimum atomic E-state index is 0.242. The van der Waals surface area contributed by atoms with E-state index in [2.05, 4.69) is 24.0 Å². The van der Waals surface area contributed by atoms with E-state index in [0.717, 1.165) is 31.7 Å². The Labute approximate surface area is 97.2 Å². The lowest BCUT2D eigenvalue weighted by molar-refractivity contribution is 0.186. The highest BCUT2D eigenvalue weighted by molar-refractivity contribution is 5.60. The van der Waals surface area contributed by atoms with Crippen LogP contribution in [0, 0.1) is 0 Å². The van der Waals surface area contributed by atoms with E-state index in [9.17, 15) is 0 Å². The first-order chi connectivity index (χ1) is 7.85. The third-order valence-electron chi connectivity index (χ3n) is 2.91. The van der Waals surface area contributed by atoms with E-state index in [0.29, 0.717) is 6.54 Å². The van der Waals surface area contributed by atoms with Crippen LogP contribution in [-0.2, 0) is 0 Å². The maximum atomic E-state index is 5.93. The van der Waals surface area contributed by atoms with Crippen molar-refractivity contribution in [2.75, 3.05) is 24.5 Å². The van der Waals surface area contributed by atoms with Crippen LogP contribution in [0.2, 0.25) is 0 Å². The normalized spacial score (nSPS) is 19.1. The predicted octanol–water partition coefficient (Wildman–Crippen LogP) is 2.01. The lowest BCUT2D eigenvalue weighted by Crippen LogP contribution is -2.41. The molecule has 0 saturated carbocycles. The molecule has 0 aliphatic carbocycles. The van der Waals surface area contributed by atoms with Crippen molar-refractivity contribution in [2.45, 2.75) is 25.9 Å². The van der Waals surface area contributed by atoms with Gasteiger partial charge in [0.05, 0.1) is 12.2 Å². The zero-order valence-electron chi connectivity index (χ0n) is 9.86. The highest BCUT2D eigenvalue weighted by atomic mass is 16.5. The number of benzene rings is 1. The first-order valence-corrected chi connectivity index (χ1v) is 6.06. The second kappa shape index (κ2) is 5.21. The molecule has 1 aliphatic heterocycles. The van der Waals surface area contributed by atoms with Crippen LogP contribution in [0.3, 0.4) is 0 Å². The number of hydrogen-bond donors (Lipinski definition) is 1. The van der Waals surface area contributed by atoms with Crippen LogP contribution in [0.5, 0.6) is 5.75 Å². The quantitative estimate of drug-likeness (QED) is 0.843. The summed E-state index contributed by atoms with van der Waals surface area (Å²) in [6, 6.07) is 8.26. The van der Waals surface area contributed by atoms with E-state index >= 15 is 0 Å². The van der Waals surface area contributed by atoms with Gasteiger partial charge in [0, 0.05) is 6.54 Å². The number of ether oxygens (including phenoxy) is 1. The Hall–Kier alpha value is -1.22. The number of fused-ring (bicyclic) bond motifs is 1. The van der Waals surface area contributed by atoms with Crippen molar-refractivity contribution in [2.24, 2.45) is 5.73 Å². The maximum absolute atomic E-state index is 5.93. The van der Waals surface area contributed by atoms with Crippen LogP contribution in [0.4, 0.5) is 5.69 Å². The molecule has 0 fully saturated rings. The van der Waals surface area contributed by atoms with Crippen molar-refractivity contribution in [1.82, 2.24) is 0 Å². The summed E-state index contributed by atoms with van der Waals surface area (Å²) in [5.74, 6) is 1.00. The molecule has 3 nitrogen and oxygen atoms in total. The minimum Gasteiger partial charge on any atom is -0.486 e. The monoisotopic (exact) mass is 220 g/mol. The molecule has 16 heavy (non-hydrogen) atoms. The van der Waals surface area contributed by atoms with E-state index in [4.69, 9.17) is 10.5 Å². The standard InChI is InChI=1S/C13H20N2O/c1-2-9-15-10-11(7-8-14)16-13-6-4-3-5-12(13)15/h3-6,11H,2,7-10,14H2,1H3. The number of nitrogens with two attached hydrogens (primary N) is 1. The Kier molecular flexibility index (Phi) is 3.67. The number of anilines is 1. The van der Waals surface area contributed by atoms with E-state index < -0.39 is 0 Å². The van der Waals surface area contributed by atoms with Crippen LogP contribution in [0.1, 0.15) is 19.8 Å². The SMILES string of the molecule is CCCN1CC(CCN)Oc2ccccc21. The van der Waals surface area contributed by atoms with E-state index in [1.807, 2.05) is 12.1 Å². The Balaban J connectivity index is 2.19. The second-order valence-corrected chi connectivity index (χ2v) is 4.23. The molecule has 2 rings (SSSR count). The van der Waals surface area contributed by atoms with Crippen LogP contribution in [0.25, 0.3) is 0 Å². The molecule has 1 heterocycles. The molecule has 1 aromatic rings. The van der Waals surface area contributed by atoms with E-state index in [1.165, 1.54) is 5.69 Å². The van der Waals surface area contributed by atoms with Crippen LogP contribution >= 0.6 is 0 Å². The maximum Gasteiger partial charge on any atom is 0.143 e. The lowest BCUT2D eigenvalue weighted by atomic mass is 10.1. The molecular formula is C13H20N2O. The first kappa shape index (κ1) is 11.3. The van der Waals surface area contributed by atoms with Gasteiger partial charge in [-0.2, -0.15) is 0 Å². The molecule has 0 aromatic heterocycles. The van der Waals surface area contributed by atoms with Gasteiger partial charge >= 0.3 is 0 Å². The smallest absolute Gasteiger partial charge is 0.143 e. The van der Waals surface area contributed by atoms with Gasteiger partial charge in [-0.1, -0.05) is 19.1 Å². The average Bonchev–Trinajstić information content (AvgIpc) is 2.30. The highest BCUT2D eigenvalue weighted by Crippen LogP contribution is 2.33. The summed E-state index contributed by atoms with van der Waals surface area (Å²) in [7, 11) is 0. The first-order valence-electron chi connectivity index (χ1n) is 6.06. The number of hydrogen-bond acceptors (Lipinski definition) is 3. The van der Waals surface area contributed by atoms with E-state index in [1.54, 1.807) is 0 Å². The molecule has 1 unspecified atom stereocenters. The van der Waals surface area contributed by atoms with Crippen molar-refractivity contribution in [3.63, 3.8) is 0 Å². The zero-order chi connectivity index (χ0) is 11.4. The zero-order valence-corrected chi connectivity index (χ0v) is 9.86. The molecule has 1 aromatic carbocycles. The molecular weight excluding hydrogens is 200 g/mol. The number of rotatable bonds is 4. The summed E-state index contributed by atoms with van der Waals surface area (Å²) in [6.07, 6.45) is 2.32. The molecule has 2 N–H and O–H groups in total. The van der Waals surface area contributed by atoms with Gasteiger partial charge in [0.1, 0.15) is 11.9 Å². The van der Waals surface area contributed by atoms with Gasteiger partial charge in [-0.25, -0.2) is 0 Å².